The Kier molecular flexibility index (Phi) is 6.20. The number of aryl methyl sites for hydroxylation is 1. The lowest BCUT2D eigenvalue weighted by atomic mass is 10.1. The monoisotopic (exact) mass is 372 g/mol. The highest BCUT2D eigenvalue weighted by atomic mass is 19.1. The van der Waals surface area contributed by atoms with Crippen LogP contribution in [0.1, 0.15) is 54.0 Å². The number of hydrogen-bond acceptors (Lipinski definition) is 3. The summed E-state index contributed by atoms with van der Waals surface area (Å²) in [5, 5.41) is 1.19. The summed E-state index contributed by atoms with van der Waals surface area (Å²) in [5.41, 5.74) is 2.79. The van der Waals surface area contributed by atoms with Gasteiger partial charge in [-0.15, -0.1) is 0 Å². The van der Waals surface area contributed by atoms with E-state index >= 15 is 0 Å². The molecule has 0 aromatic heterocycles. The molecule has 0 aliphatic carbocycles. The lowest BCUT2D eigenvalue weighted by Gasteiger charge is -2.35. The molecule has 2 aromatic rings. The summed E-state index contributed by atoms with van der Waals surface area (Å²) in [5.74, 6) is -1.36. The van der Waals surface area contributed by atoms with Gasteiger partial charge in [-0.1, -0.05) is 25.1 Å². The smallest absolute Gasteiger partial charge is 0.276 e. The molecule has 144 valence electrons. The number of methoxy groups -OCH3 is 1. The third kappa shape index (κ3) is 4.64. The number of ether oxygens (including phenoxy) is 1. The van der Waals surface area contributed by atoms with E-state index in [-0.39, 0.29) is 5.56 Å². The number of para-hydroxylation sites is 1. The van der Waals surface area contributed by atoms with E-state index in [4.69, 9.17) is 4.74 Å². The quantitative estimate of drug-likeness (QED) is 0.826. The number of hydrogen-bond donors (Lipinski definition) is 1. The fourth-order valence-electron chi connectivity index (χ4n) is 2.59. The zero-order valence-corrected chi connectivity index (χ0v) is 16.3. The molecule has 0 saturated heterocycles. The molecule has 2 rings (SSSR count). The number of rotatable bonds is 4. The summed E-state index contributed by atoms with van der Waals surface area (Å²) in [4.78, 5) is 25.7. The first-order valence-corrected chi connectivity index (χ1v) is 8.76. The molecule has 5 nitrogen and oxygen atoms in total. The van der Waals surface area contributed by atoms with Crippen molar-refractivity contribution in [1.82, 2.24) is 10.4 Å². The molecule has 0 aliphatic rings. The fraction of sp³-hybridized carbons (Fsp3) is 0.333. The molecule has 2 amide bonds. The second-order valence-corrected chi connectivity index (χ2v) is 7.12. The highest BCUT2D eigenvalue weighted by molar-refractivity contribution is 6.01. The Bertz CT molecular complexity index is 844. The number of amides is 2. The van der Waals surface area contributed by atoms with Gasteiger partial charge >= 0.3 is 0 Å². The van der Waals surface area contributed by atoms with Gasteiger partial charge in [0, 0.05) is 0 Å². The van der Waals surface area contributed by atoms with Gasteiger partial charge in [-0.3, -0.25) is 15.0 Å². The zero-order chi connectivity index (χ0) is 20.2. The van der Waals surface area contributed by atoms with E-state index in [1.165, 1.54) is 24.3 Å². The van der Waals surface area contributed by atoms with Crippen LogP contribution in [0.15, 0.2) is 42.5 Å². The van der Waals surface area contributed by atoms with E-state index in [1.807, 2.05) is 6.92 Å². The van der Waals surface area contributed by atoms with Gasteiger partial charge in [-0.2, -0.15) is 0 Å². The fourth-order valence-corrected chi connectivity index (χ4v) is 2.59. The van der Waals surface area contributed by atoms with Crippen LogP contribution in [0.5, 0.6) is 5.75 Å². The molecule has 27 heavy (non-hydrogen) atoms. The number of halogens is 1. The average molecular weight is 372 g/mol. The third-order valence-corrected chi connectivity index (χ3v) is 4.11. The summed E-state index contributed by atoms with van der Waals surface area (Å²) in [6.07, 6.45) is 0.666. The minimum Gasteiger partial charge on any atom is -0.496 e. The van der Waals surface area contributed by atoms with Crippen LogP contribution in [-0.2, 0) is 6.42 Å². The first kappa shape index (κ1) is 20.4. The van der Waals surface area contributed by atoms with E-state index in [2.05, 4.69) is 5.43 Å². The van der Waals surface area contributed by atoms with E-state index in [0.717, 1.165) is 5.56 Å². The molecule has 0 spiro atoms. The first-order valence-electron chi connectivity index (χ1n) is 8.76. The van der Waals surface area contributed by atoms with Crippen LogP contribution < -0.4 is 10.2 Å². The average Bonchev–Trinajstić information content (AvgIpc) is 2.64. The maximum atomic E-state index is 14.3. The predicted molar refractivity (Wildman–Crippen MR) is 102 cm³/mol. The number of nitrogens with one attached hydrogen (secondary N) is 1. The summed E-state index contributed by atoms with van der Waals surface area (Å²) in [6.45, 7) is 7.23. The van der Waals surface area contributed by atoms with Gasteiger partial charge in [0.1, 0.15) is 11.6 Å². The molecule has 6 heteroatoms. The Morgan fingerprint density at radius 1 is 1.11 bits per heavy atom. The van der Waals surface area contributed by atoms with Gasteiger partial charge in [-0.25, -0.2) is 9.40 Å². The van der Waals surface area contributed by atoms with Gasteiger partial charge in [-0.05, 0) is 57.0 Å². The van der Waals surface area contributed by atoms with Crippen LogP contribution in [0.4, 0.5) is 4.39 Å². The van der Waals surface area contributed by atoms with E-state index in [0.29, 0.717) is 17.7 Å². The van der Waals surface area contributed by atoms with Crippen molar-refractivity contribution in [3.8, 4) is 5.75 Å². The summed E-state index contributed by atoms with van der Waals surface area (Å²) in [7, 11) is 1.47. The van der Waals surface area contributed by atoms with E-state index in [9.17, 15) is 14.0 Å². The van der Waals surface area contributed by atoms with Gasteiger partial charge < -0.3 is 4.74 Å². The number of carbonyl (C=O) groups is 2. The topological polar surface area (TPSA) is 58.6 Å². The molecule has 0 atom stereocenters. The van der Waals surface area contributed by atoms with E-state index < -0.39 is 23.2 Å². The summed E-state index contributed by atoms with van der Waals surface area (Å²) >= 11 is 0. The van der Waals surface area contributed by atoms with Gasteiger partial charge in [0.05, 0.1) is 23.8 Å². The number of benzene rings is 2. The Balaban J connectivity index is 2.35. The molecule has 0 radical (unpaired) electrons. The van der Waals surface area contributed by atoms with Crippen LogP contribution in [0, 0.1) is 5.82 Å². The standard InChI is InChI=1S/C21H25FN2O3/c1-6-14-11-12-15(17(22)13-14)19(25)23-24(21(2,3)4)20(26)16-9-7-8-10-18(16)27-5/h7-13H,6H2,1-5H3,(H,23,25). The minimum atomic E-state index is -0.743. The number of carbonyl (C=O) groups excluding carboxylic acids is 2. The van der Waals surface area contributed by atoms with Crippen LogP contribution in [0.2, 0.25) is 0 Å². The van der Waals surface area contributed by atoms with Crippen LogP contribution >= 0.6 is 0 Å². The highest BCUT2D eigenvalue weighted by Gasteiger charge is 2.31. The second kappa shape index (κ2) is 8.20. The van der Waals surface area contributed by atoms with Crippen molar-refractivity contribution in [2.75, 3.05) is 7.11 Å². The van der Waals surface area contributed by atoms with Crippen molar-refractivity contribution in [1.29, 1.82) is 0 Å². The zero-order valence-electron chi connectivity index (χ0n) is 16.3. The van der Waals surface area contributed by atoms with Crippen molar-refractivity contribution >= 4 is 11.8 Å². The Hall–Kier alpha value is -2.89. The van der Waals surface area contributed by atoms with Crippen LogP contribution in [0.3, 0.4) is 0 Å². The van der Waals surface area contributed by atoms with Gasteiger partial charge in [0.2, 0.25) is 0 Å². The van der Waals surface area contributed by atoms with Crippen molar-refractivity contribution < 1.29 is 18.7 Å². The highest BCUT2D eigenvalue weighted by Crippen LogP contribution is 2.23. The van der Waals surface area contributed by atoms with Crippen molar-refractivity contribution in [3.05, 3.63) is 65.0 Å². The second-order valence-electron chi connectivity index (χ2n) is 7.12. The van der Waals surface area contributed by atoms with Gasteiger partial charge in [0.15, 0.2) is 0 Å². The first-order chi connectivity index (χ1) is 12.7. The molecule has 0 fully saturated rings. The lowest BCUT2D eigenvalue weighted by Crippen LogP contribution is -2.56. The van der Waals surface area contributed by atoms with E-state index in [1.54, 1.807) is 51.1 Å². The SMILES string of the molecule is CCc1ccc(C(=O)NN(C(=O)c2ccccc2OC)C(C)(C)C)c(F)c1. The molecule has 0 saturated carbocycles. The van der Waals surface area contributed by atoms with Crippen molar-refractivity contribution in [3.63, 3.8) is 0 Å². The maximum absolute atomic E-state index is 14.3. The number of nitrogens with zero attached hydrogens (tertiary/aromatic N) is 1. The number of hydrazine groups is 1. The molecule has 0 aliphatic heterocycles. The predicted octanol–water partition coefficient (Wildman–Crippen LogP) is 3.98. The Morgan fingerprint density at radius 2 is 1.78 bits per heavy atom. The van der Waals surface area contributed by atoms with Crippen molar-refractivity contribution in [2.24, 2.45) is 0 Å². The molecule has 0 unspecified atom stereocenters. The normalized spacial score (nSPS) is 11.0. The van der Waals surface area contributed by atoms with Crippen molar-refractivity contribution in [2.45, 2.75) is 39.7 Å². The largest absolute Gasteiger partial charge is 0.496 e. The van der Waals surface area contributed by atoms with Crippen LogP contribution in [0.25, 0.3) is 0 Å². The maximum Gasteiger partial charge on any atom is 0.276 e. The Labute approximate surface area is 159 Å². The molecule has 0 bridgehead atoms. The molecule has 0 heterocycles. The van der Waals surface area contributed by atoms with Crippen LogP contribution in [-0.4, -0.2) is 29.5 Å². The third-order valence-electron chi connectivity index (χ3n) is 4.11. The molecular weight excluding hydrogens is 347 g/mol. The minimum absolute atomic E-state index is 0.116. The van der Waals surface area contributed by atoms with Gasteiger partial charge in [0.25, 0.3) is 11.8 Å². The lowest BCUT2D eigenvalue weighted by molar-refractivity contribution is 0.0354. The molecular formula is C21H25FN2O3. The summed E-state index contributed by atoms with van der Waals surface area (Å²) in [6, 6.07) is 11.2. The molecule has 2 aromatic carbocycles. The Morgan fingerprint density at radius 3 is 2.33 bits per heavy atom. The summed E-state index contributed by atoms with van der Waals surface area (Å²) < 4.78 is 19.5. The molecule has 1 N–H and O–H groups in total.